The third kappa shape index (κ3) is 2.96. The highest BCUT2D eigenvalue weighted by atomic mass is 19.1. The fourth-order valence-corrected chi connectivity index (χ4v) is 1.86. The highest BCUT2D eigenvalue weighted by molar-refractivity contribution is 5.80. The monoisotopic (exact) mass is 254 g/mol. The van der Waals surface area contributed by atoms with Crippen molar-refractivity contribution in [3.8, 4) is 5.75 Å². The van der Waals surface area contributed by atoms with Gasteiger partial charge >= 0.3 is 0 Å². The van der Waals surface area contributed by atoms with Crippen LogP contribution in [0.2, 0.25) is 0 Å². The first kappa shape index (κ1) is 12.8. The van der Waals surface area contributed by atoms with Crippen LogP contribution in [0.3, 0.4) is 0 Å². The van der Waals surface area contributed by atoms with Gasteiger partial charge in [-0.15, -0.1) is 0 Å². The molecule has 0 spiro atoms. The maximum absolute atomic E-state index is 13.3. The number of halogens is 1. The minimum absolute atomic E-state index is 0.188. The van der Waals surface area contributed by atoms with E-state index in [9.17, 15) is 9.18 Å². The molecule has 0 radical (unpaired) electrons. The van der Waals surface area contributed by atoms with Crippen molar-refractivity contribution in [2.24, 2.45) is 5.84 Å². The Balaban J connectivity index is 1.82. The Bertz CT molecular complexity index is 428. The van der Waals surface area contributed by atoms with Crippen molar-refractivity contribution in [1.29, 1.82) is 0 Å². The van der Waals surface area contributed by atoms with Crippen LogP contribution in [-0.4, -0.2) is 24.7 Å². The number of benzene rings is 1. The van der Waals surface area contributed by atoms with E-state index in [-0.39, 0.29) is 24.4 Å². The minimum Gasteiger partial charge on any atom is -0.488 e. The summed E-state index contributed by atoms with van der Waals surface area (Å²) in [4.78, 5) is 11.2. The third-order valence-corrected chi connectivity index (χ3v) is 2.80. The molecule has 0 saturated carbocycles. The first-order valence-electron chi connectivity index (χ1n) is 5.74. The molecule has 1 aromatic carbocycles. The lowest BCUT2D eigenvalue weighted by Gasteiger charge is -2.14. The molecule has 1 heterocycles. The van der Waals surface area contributed by atoms with Crippen molar-refractivity contribution >= 4 is 5.91 Å². The third-order valence-electron chi connectivity index (χ3n) is 2.80. The second-order valence-corrected chi connectivity index (χ2v) is 4.07. The van der Waals surface area contributed by atoms with Crippen molar-refractivity contribution in [1.82, 2.24) is 5.43 Å². The second kappa shape index (κ2) is 5.79. The maximum atomic E-state index is 13.3. The molecule has 2 unspecified atom stereocenters. The van der Waals surface area contributed by atoms with E-state index in [1.165, 1.54) is 6.07 Å². The van der Waals surface area contributed by atoms with Gasteiger partial charge in [-0.2, -0.15) is 0 Å². The summed E-state index contributed by atoms with van der Waals surface area (Å²) in [6, 6.07) is 6.17. The number of ether oxygens (including phenoxy) is 2. The molecular weight excluding hydrogens is 239 g/mol. The van der Waals surface area contributed by atoms with E-state index in [0.717, 1.165) is 0 Å². The lowest BCUT2D eigenvalue weighted by Crippen LogP contribution is -2.39. The average molecular weight is 254 g/mol. The fraction of sp³-hybridized carbons (Fsp3) is 0.417. The second-order valence-electron chi connectivity index (χ2n) is 4.07. The molecule has 1 aliphatic rings. The van der Waals surface area contributed by atoms with Gasteiger partial charge in [0.25, 0.3) is 5.91 Å². The summed E-state index contributed by atoms with van der Waals surface area (Å²) in [5.41, 5.74) is 2.05. The quantitative estimate of drug-likeness (QED) is 0.472. The molecule has 6 heteroatoms. The zero-order valence-electron chi connectivity index (χ0n) is 9.77. The Morgan fingerprint density at radius 1 is 1.50 bits per heavy atom. The number of nitrogens with two attached hydrogens (primary N) is 1. The van der Waals surface area contributed by atoms with Crippen LogP contribution >= 0.6 is 0 Å². The van der Waals surface area contributed by atoms with Gasteiger partial charge in [0.05, 0.1) is 6.10 Å². The number of hydrogen-bond donors (Lipinski definition) is 2. The van der Waals surface area contributed by atoms with E-state index in [0.29, 0.717) is 12.8 Å². The van der Waals surface area contributed by atoms with Gasteiger partial charge in [-0.3, -0.25) is 10.2 Å². The van der Waals surface area contributed by atoms with Gasteiger partial charge in [-0.1, -0.05) is 12.1 Å². The molecule has 1 saturated heterocycles. The van der Waals surface area contributed by atoms with Gasteiger partial charge in [0, 0.05) is 0 Å². The van der Waals surface area contributed by atoms with E-state index in [2.05, 4.69) is 0 Å². The number of carbonyl (C=O) groups is 1. The summed E-state index contributed by atoms with van der Waals surface area (Å²) in [6.45, 7) is 0.218. The summed E-state index contributed by atoms with van der Waals surface area (Å²) < 4.78 is 24.0. The number of hydrazine groups is 1. The van der Waals surface area contributed by atoms with Gasteiger partial charge in [0.1, 0.15) is 12.7 Å². The molecule has 2 rings (SSSR count). The van der Waals surface area contributed by atoms with Crippen LogP contribution in [0.5, 0.6) is 5.75 Å². The first-order valence-corrected chi connectivity index (χ1v) is 5.74. The van der Waals surface area contributed by atoms with Gasteiger partial charge in [0.2, 0.25) is 0 Å². The molecule has 0 aromatic heterocycles. The first-order chi connectivity index (χ1) is 8.70. The Morgan fingerprint density at radius 3 is 3.00 bits per heavy atom. The number of amides is 1. The van der Waals surface area contributed by atoms with Crippen LogP contribution in [0.25, 0.3) is 0 Å². The highest BCUT2D eigenvalue weighted by Crippen LogP contribution is 2.22. The number of para-hydroxylation sites is 1. The van der Waals surface area contributed by atoms with Crippen molar-refractivity contribution in [2.45, 2.75) is 25.0 Å². The Kier molecular flexibility index (Phi) is 4.11. The number of hydrogen-bond acceptors (Lipinski definition) is 4. The topological polar surface area (TPSA) is 73.6 Å². The molecule has 0 bridgehead atoms. The van der Waals surface area contributed by atoms with E-state index >= 15 is 0 Å². The minimum atomic E-state index is -0.538. The lowest BCUT2D eigenvalue weighted by atomic mass is 10.2. The van der Waals surface area contributed by atoms with E-state index in [4.69, 9.17) is 15.3 Å². The molecule has 0 aliphatic carbocycles. The van der Waals surface area contributed by atoms with E-state index < -0.39 is 11.9 Å². The molecule has 1 amide bonds. The number of rotatable bonds is 4. The fourth-order valence-electron chi connectivity index (χ4n) is 1.86. The van der Waals surface area contributed by atoms with E-state index in [1.54, 1.807) is 18.2 Å². The maximum Gasteiger partial charge on any atom is 0.263 e. The van der Waals surface area contributed by atoms with Crippen LogP contribution < -0.4 is 16.0 Å². The van der Waals surface area contributed by atoms with Crippen molar-refractivity contribution < 1.29 is 18.7 Å². The van der Waals surface area contributed by atoms with Crippen LogP contribution in [0.15, 0.2) is 24.3 Å². The smallest absolute Gasteiger partial charge is 0.263 e. The molecule has 98 valence electrons. The summed E-state index contributed by atoms with van der Waals surface area (Å²) in [6.07, 6.45) is 0.525. The molecule has 5 nitrogen and oxygen atoms in total. The number of carbonyl (C=O) groups excluding carboxylic acids is 1. The van der Waals surface area contributed by atoms with Gasteiger partial charge in [-0.25, -0.2) is 10.2 Å². The predicted molar refractivity (Wildman–Crippen MR) is 62.1 cm³/mol. The molecule has 1 fully saturated rings. The lowest BCUT2D eigenvalue weighted by molar-refractivity contribution is -0.132. The van der Waals surface area contributed by atoms with Crippen LogP contribution in [0, 0.1) is 5.82 Å². The summed E-state index contributed by atoms with van der Waals surface area (Å²) in [5, 5.41) is 0. The van der Waals surface area contributed by atoms with Crippen LogP contribution in [0.4, 0.5) is 4.39 Å². The summed E-state index contributed by atoms with van der Waals surface area (Å²) in [5.74, 6) is 4.46. The van der Waals surface area contributed by atoms with Gasteiger partial charge < -0.3 is 9.47 Å². The standard InChI is InChI=1S/C12H15FN2O3/c13-9-3-1-2-4-10(9)17-7-8-5-6-11(18-8)12(16)15-14/h1-4,8,11H,5-7,14H2,(H,15,16). The molecule has 2 atom stereocenters. The van der Waals surface area contributed by atoms with Gasteiger partial charge in [0.15, 0.2) is 11.6 Å². The molecule has 3 N–H and O–H groups in total. The zero-order chi connectivity index (χ0) is 13.0. The van der Waals surface area contributed by atoms with Crippen LogP contribution in [0.1, 0.15) is 12.8 Å². The Morgan fingerprint density at radius 2 is 2.28 bits per heavy atom. The molecule has 1 aromatic rings. The van der Waals surface area contributed by atoms with Crippen molar-refractivity contribution in [2.75, 3.05) is 6.61 Å². The average Bonchev–Trinajstić information content (AvgIpc) is 2.86. The Hall–Kier alpha value is -1.66. The van der Waals surface area contributed by atoms with Gasteiger partial charge in [-0.05, 0) is 25.0 Å². The summed E-state index contributed by atoms with van der Waals surface area (Å²) in [7, 11) is 0. The normalized spacial score (nSPS) is 22.8. The van der Waals surface area contributed by atoms with E-state index in [1.807, 2.05) is 5.43 Å². The molecule has 18 heavy (non-hydrogen) atoms. The zero-order valence-corrected chi connectivity index (χ0v) is 9.77. The summed E-state index contributed by atoms with van der Waals surface area (Å²) >= 11 is 0. The SMILES string of the molecule is NNC(=O)C1CCC(COc2ccccc2F)O1. The van der Waals surface area contributed by atoms with Crippen molar-refractivity contribution in [3.63, 3.8) is 0 Å². The predicted octanol–water partition coefficient (Wildman–Crippen LogP) is 0.742. The highest BCUT2D eigenvalue weighted by Gasteiger charge is 2.30. The number of nitrogens with one attached hydrogen (secondary N) is 1. The molecule has 1 aliphatic heterocycles. The Labute approximate surface area is 104 Å². The molecular formula is C12H15FN2O3. The van der Waals surface area contributed by atoms with Crippen molar-refractivity contribution in [3.05, 3.63) is 30.1 Å². The van der Waals surface area contributed by atoms with Crippen LogP contribution in [-0.2, 0) is 9.53 Å². The largest absolute Gasteiger partial charge is 0.488 e.